The van der Waals surface area contributed by atoms with Gasteiger partial charge in [0.05, 0.1) is 12.1 Å². The zero-order valence-corrected chi connectivity index (χ0v) is 19.2. The minimum absolute atomic E-state index is 0.422. The maximum absolute atomic E-state index is 8.69. The monoisotopic (exact) mass is 435 g/mol. The lowest BCUT2D eigenvalue weighted by Crippen LogP contribution is -2.35. The molecule has 3 aromatic carbocycles. The highest BCUT2D eigenvalue weighted by molar-refractivity contribution is 6.15. The summed E-state index contributed by atoms with van der Waals surface area (Å²) in [5, 5.41) is 1.82. The summed E-state index contributed by atoms with van der Waals surface area (Å²) in [6, 6.07) is 21.2. The number of aromatic nitrogens is 1. The van der Waals surface area contributed by atoms with Gasteiger partial charge < -0.3 is 4.42 Å². The first-order valence-electron chi connectivity index (χ1n) is 12.9. The lowest BCUT2D eigenvalue weighted by atomic mass is 9.95. The van der Waals surface area contributed by atoms with Gasteiger partial charge in [-0.3, -0.25) is 0 Å². The molecule has 0 amide bonds. The van der Waals surface area contributed by atoms with Gasteiger partial charge in [-0.15, -0.1) is 0 Å². The highest BCUT2D eigenvalue weighted by Crippen LogP contribution is 2.44. The number of rotatable bonds is 3. The molecule has 0 radical (unpaired) electrons. The van der Waals surface area contributed by atoms with Crippen molar-refractivity contribution >= 4 is 27.6 Å². The van der Waals surface area contributed by atoms with Crippen molar-refractivity contribution in [1.29, 1.82) is 0 Å². The molecule has 0 spiro atoms. The minimum atomic E-state index is -2.49. The average Bonchev–Trinajstić information content (AvgIpc) is 3.23. The van der Waals surface area contributed by atoms with Crippen LogP contribution in [0.25, 0.3) is 49.2 Å². The van der Waals surface area contributed by atoms with Crippen molar-refractivity contribution in [3.05, 3.63) is 95.0 Å². The third kappa shape index (κ3) is 3.31. The molecule has 0 aliphatic heterocycles. The first kappa shape index (κ1) is 16.7. The van der Waals surface area contributed by atoms with E-state index in [1.807, 2.05) is 80.1 Å². The smallest absolute Gasteiger partial charge is 0.216 e. The number of fused-ring (bicyclic) bond motifs is 3. The Morgan fingerprint density at radius 2 is 1.67 bits per heavy atom. The summed E-state index contributed by atoms with van der Waals surface area (Å²) in [6.45, 7) is 10.6. The van der Waals surface area contributed by atoms with Gasteiger partial charge in [0, 0.05) is 40.9 Å². The number of pyridine rings is 1. The summed E-state index contributed by atoms with van der Waals surface area (Å²) in [7, 11) is 1.93. The topological polar surface area (TPSA) is 21.4 Å². The van der Waals surface area contributed by atoms with E-state index in [1.54, 1.807) is 12.1 Å². The maximum atomic E-state index is 8.69. The molecule has 0 aliphatic rings. The van der Waals surface area contributed by atoms with Gasteiger partial charge in [0.25, 0.3) is 0 Å². The lowest BCUT2D eigenvalue weighted by Gasteiger charge is -2.11. The number of nitrogens with zero attached hydrogens (tertiary/aromatic N) is 2. The number of furan rings is 1. The number of hydrogen-bond acceptors (Lipinski definition) is 1. The van der Waals surface area contributed by atoms with Crippen molar-refractivity contribution in [3.63, 3.8) is 0 Å². The highest BCUT2D eigenvalue weighted by atomic mass is 16.3. The quantitative estimate of drug-likeness (QED) is 0.208. The molecular formula is C30H27N2O+. The van der Waals surface area contributed by atoms with Crippen LogP contribution in [-0.2, 0) is 7.05 Å². The van der Waals surface area contributed by atoms with Crippen LogP contribution in [0.4, 0.5) is 5.69 Å². The predicted molar refractivity (Wildman–Crippen MR) is 136 cm³/mol. The van der Waals surface area contributed by atoms with Crippen LogP contribution in [0.1, 0.15) is 42.0 Å². The Labute approximate surface area is 200 Å². The van der Waals surface area contributed by atoms with Crippen molar-refractivity contribution in [2.45, 2.75) is 33.5 Å². The molecule has 0 saturated heterocycles. The fraction of sp³-hybridized carbons (Fsp3) is 0.200. The van der Waals surface area contributed by atoms with Crippen LogP contribution in [-0.4, -0.2) is 0 Å². The Bertz CT molecular complexity index is 1730. The second-order valence-corrected chi connectivity index (χ2v) is 8.51. The number of aryl methyl sites for hydroxylation is 2. The van der Waals surface area contributed by atoms with Gasteiger partial charge in [-0.1, -0.05) is 68.4 Å². The zero-order valence-electron chi connectivity index (χ0n) is 23.2. The minimum Gasteiger partial charge on any atom is -0.456 e. The molecule has 2 heterocycles. The normalized spacial score (nSPS) is 15.4. The molecule has 33 heavy (non-hydrogen) atoms. The maximum Gasteiger partial charge on any atom is 0.216 e. The van der Waals surface area contributed by atoms with E-state index in [9.17, 15) is 0 Å². The predicted octanol–water partition coefficient (Wildman–Crippen LogP) is 8.04. The summed E-state index contributed by atoms with van der Waals surface area (Å²) < 4.78 is 41.2. The third-order valence-corrected chi connectivity index (χ3v) is 6.42. The Morgan fingerprint density at radius 1 is 0.970 bits per heavy atom. The lowest BCUT2D eigenvalue weighted by molar-refractivity contribution is -0.666. The summed E-state index contributed by atoms with van der Waals surface area (Å²) in [6.07, 6.45) is 0. The Hall–Kier alpha value is -3.90. The van der Waals surface area contributed by atoms with Crippen LogP contribution in [0.2, 0.25) is 0 Å². The highest BCUT2D eigenvalue weighted by Gasteiger charge is 2.24. The van der Waals surface area contributed by atoms with E-state index in [2.05, 4.69) is 4.85 Å². The van der Waals surface area contributed by atoms with E-state index in [0.717, 1.165) is 44.4 Å². The van der Waals surface area contributed by atoms with E-state index >= 15 is 0 Å². The van der Waals surface area contributed by atoms with E-state index < -0.39 is 12.7 Å². The standard InChI is InChI=1S/C30H27N2O/c1-18(2)22-16-20(4)32(6)26(17-22)27-19(3)12-13-23-24-14-15-25(31-5)28(30(24)33-29(23)27)21-10-8-7-9-11-21/h7-18H,1-4,6H3/q+1/i1D3,18D. The molecule has 5 rings (SSSR count). The summed E-state index contributed by atoms with van der Waals surface area (Å²) in [5.41, 5.74) is 7.32. The van der Waals surface area contributed by atoms with Gasteiger partial charge in [0.1, 0.15) is 18.2 Å². The van der Waals surface area contributed by atoms with Crippen molar-refractivity contribution in [2.24, 2.45) is 7.05 Å². The fourth-order valence-corrected chi connectivity index (χ4v) is 4.54. The average molecular weight is 436 g/mol. The molecule has 5 aromatic rings. The van der Waals surface area contributed by atoms with Gasteiger partial charge >= 0.3 is 0 Å². The van der Waals surface area contributed by atoms with Gasteiger partial charge in [0.2, 0.25) is 5.69 Å². The zero-order chi connectivity index (χ0) is 26.7. The Morgan fingerprint density at radius 3 is 2.36 bits per heavy atom. The van der Waals surface area contributed by atoms with Crippen molar-refractivity contribution < 1.29 is 14.5 Å². The second kappa shape index (κ2) is 7.90. The van der Waals surface area contributed by atoms with Gasteiger partial charge in [-0.2, -0.15) is 4.57 Å². The van der Waals surface area contributed by atoms with Crippen molar-refractivity contribution in [1.82, 2.24) is 0 Å². The summed E-state index contributed by atoms with van der Waals surface area (Å²) in [4.78, 5) is 3.76. The van der Waals surface area contributed by atoms with Gasteiger partial charge in [-0.05, 0) is 29.5 Å². The molecule has 1 unspecified atom stereocenters. The molecule has 3 nitrogen and oxygen atoms in total. The first-order valence-corrected chi connectivity index (χ1v) is 10.9. The van der Waals surface area contributed by atoms with E-state index in [4.69, 9.17) is 16.5 Å². The Balaban J connectivity index is 1.88. The SMILES string of the molecule is [2H]C([2H])([2H])C([2H])(C)c1cc(C)[n+](C)c(-c2c(C)ccc3c2oc2c(-c4ccccc4)c([N+]#[C-])ccc23)c1. The molecule has 0 fully saturated rings. The van der Waals surface area contributed by atoms with Crippen LogP contribution in [0.3, 0.4) is 0 Å². The fourth-order valence-electron chi connectivity index (χ4n) is 4.54. The molecule has 3 heteroatoms. The molecule has 0 bridgehead atoms. The molecule has 0 aliphatic carbocycles. The second-order valence-electron chi connectivity index (χ2n) is 8.51. The van der Waals surface area contributed by atoms with E-state index in [1.165, 1.54) is 6.92 Å². The number of benzene rings is 3. The van der Waals surface area contributed by atoms with Crippen LogP contribution < -0.4 is 4.57 Å². The van der Waals surface area contributed by atoms with E-state index in [0.29, 0.717) is 22.4 Å². The van der Waals surface area contributed by atoms with Crippen molar-refractivity contribution in [2.75, 3.05) is 0 Å². The van der Waals surface area contributed by atoms with Gasteiger partial charge in [0.15, 0.2) is 11.4 Å². The molecular weight excluding hydrogens is 404 g/mol. The molecule has 0 saturated carbocycles. The first-order chi connectivity index (χ1) is 17.5. The summed E-state index contributed by atoms with van der Waals surface area (Å²) >= 11 is 0. The van der Waals surface area contributed by atoms with Crippen LogP contribution in [0.5, 0.6) is 0 Å². The molecule has 162 valence electrons. The third-order valence-electron chi connectivity index (χ3n) is 6.42. The van der Waals surface area contributed by atoms with Crippen molar-refractivity contribution in [3.8, 4) is 22.4 Å². The van der Waals surface area contributed by atoms with Crippen LogP contribution in [0, 0.1) is 20.4 Å². The van der Waals surface area contributed by atoms with E-state index in [-0.39, 0.29) is 0 Å². The molecule has 2 aromatic heterocycles. The van der Waals surface area contributed by atoms with Crippen LogP contribution >= 0.6 is 0 Å². The number of hydrogen-bond donors (Lipinski definition) is 0. The summed E-state index contributed by atoms with van der Waals surface area (Å²) in [5.74, 6) is -1.78. The van der Waals surface area contributed by atoms with Gasteiger partial charge in [-0.25, -0.2) is 4.85 Å². The molecule has 1 atom stereocenters. The Kier molecular flexibility index (Phi) is 4.00. The van der Waals surface area contributed by atoms with Crippen LogP contribution in [0.15, 0.2) is 71.1 Å². The largest absolute Gasteiger partial charge is 0.456 e. The molecule has 0 N–H and O–H groups in total.